The summed E-state index contributed by atoms with van der Waals surface area (Å²) in [6.07, 6.45) is 0.615. The number of ether oxygens (including phenoxy) is 1. The third kappa shape index (κ3) is 3.05. The number of amides is 3. The Hall–Kier alpha value is -2.04. The van der Waals surface area contributed by atoms with Crippen LogP contribution in [0.5, 0.6) is 5.75 Å². The summed E-state index contributed by atoms with van der Waals surface area (Å²) in [5.74, 6) is 0.609. The third-order valence-corrected chi connectivity index (χ3v) is 2.98. The van der Waals surface area contributed by atoms with E-state index >= 15 is 0 Å². The number of carbonyl (C=O) groups excluding carboxylic acids is 2. The van der Waals surface area contributed by atoms with Crippen LogP contribution in [-0.2, 0) is 4.79 Å². The Bertz CT molecular complexity index is 471. The fourth-order valence-corrected chi connectivity index (χ4v) is 1.95. The zero-order valence-corrected chi connectivity index (χ0v) is 11.2. The average Bonchev–Trinajstić information content (AvgIpc) is 2.57. The van der Waals surface area contributed by atoms with Crippen LogP contribution in [0.1, 0.15) is 20.3 Å². The molecule has 19 heavy (non-hydrogen) atoms. The molecule has 0 aromatic heterocycles. The monoisotopic (exact) mass is 262 g/mol. The largest absolute Gasteiger partial charge is 0.494 e. The number of imide groups is 1. The second kappa shape index (κ2) is 5.30. The van der Waals surface area contributed by atoms with E-state index in [0.717, 1.165) is 5.75 Å². The Labute approximate surface area is 112 Å². The van der Waals surface area contributed by atoms with Gasteiger partial charge in [0.15, 0.2) is 0 Å². The molecule has 0 bridgehead atoms. The Balaban J connectivity index is 1.77. The number of carbonyl (C=O) groups is 2. The van der Waals surface area contributed by atoms with E-state index in [1.807, 2.05) is 30.3 Å². The fraction of sp³-hybridized carbons (Fsp3) is 0.429. The minimum Gasteiger partial charge on any atom is -0.494 e. The van der Waals surface area contributed by atoms with Gasteiger partial charge in [-0.15, -0.1) is 0 Å². The zero-order chi connectivity index (χ0) is 13.9. The van der Waals surface area contributed by atoms with E-state index in [2.05, 4.69) is 5.32 Å². The molecule has 3 amide bonds. The predicted molar refractivity (Wildman–Crippen MR) is 70.9 cm³/mol. The molecule has 0 spiro atoms. The molecule has 0 atom stereocenters. The van der Waals surface area contributed by atoms with Crippen molar-refractivity contribution in [2.45, 2.75) is 25.8 Å². The minimum atomic E-state index is -0.794. The SMILES string of the molecule is CC1(C)NC(=O)N(CCCOc2ccccc2)C1=O. The Morgan fingerprint density at radius 2 is 1.89 bits per heavy atom. The molecule has 1 N–H and O–H groups in total. The van der Waals surface area contributed by atoms with Crippen LogP contribution in [0, 0.1) is 0 Å². The summed E-state index contributed by atoms with van der Waals surface area (Å²) in [6.45, 7) is 4.25. The van der Waals surface area contributed by atoms with E-state index in [0.29, 0.717) is 19.6 Å². The van der Waals surface area contributed by atoms with Crippen molar-refractivity contribution in [3.63, 3.8) is 0 Å². The van der Waals surface area contributed by atoms with Gasteiger partial charge in [-0.1, -0.05) is 18.2 Å². The van der Waals surface area contributed by atoms with Gasteiger partial charge >= 0.3 is 6.03 Å². The number of hydrogen-bond donors (Lipinski definition) is 1. The standard InChI is InChI=1S/C14H18N2O3/c1-14(2)12(17)16(13(18)15-14)9-6-10-19-11-7-4-3-5-8-11/h3-5,7-8H,6,9-10H2,1-2H3,(H,15,18). The van der Waals surface area contributed by atoms with Crippen molar-refractivity contribution < 1.29 is 14.3 Å². The number of benzene rings is 1. The van der Waals surface area contributed by atoms with Crippen LogP contribution in [0.15, 0.2) is 30.3 Å². The quantitative estimate of drug-likeness (QED) is 0.650. The smallest absolute Gasteiger partial charge is 0.325 e. The van der Waals surface area contributed by atoms with E-state index in [4.69, 9.17) is 4.74 Å². The van der Waals surface area contributed by atoms with Gasteiger partial charge in [0.1, 0.15) is 11.3 Å². The normalized spacial score (nSPS) is 17.5. The highest BCUT2D eigenvalue weighted by molar-refractivity contribution is 6.06. The maximum absolute atomic E-state index is 11.9. The summed E-state index contributed by atoms with van der Waals surface area (Å²) >= 11 is 0. The minimum absolute atomic E-state index is 0.183. The molecule has 1 aliphatic heterocycles. The topological polar surface area (TPSA) is 58.6 Å². The lowest BCUT2D eigenvalue weighted by atomic mass is 10.1. The third-order valence-electron chi connectivity index (χ3n) is 2.98. The Morgan fingerprint density at radius 1 is 1.21 bits per heavy atom. The molecule has 0 radical (unpaired) electrons. The number of hydrogen-bond acceptors (Lipinski definition) is 3. The molecular weight excluding hydrogens is 244 g/mol. The molecular formula is C14H18N2O3. The van der Waals surface area contributed by atoms with Gasteiger partial charge in [0.25, 0.3) is 5.91 Å². The molecule has 5 heteroatoms. The summed E-state index contributed by atoms with van der Waals surface area (Å²) < 4.78 is 5.52. The maximum Gasteiger partial charge on any atom is 0.325 e. The molecule has 0 saturated carbocycles. The van der Waals surface area contributed by atoms with Gasteiger partial charge in [0, 0.05) is 6.54 Å². The van der Waals surface area contributed by atoms with Gasteiger partial charge in [-0.3, -0.25) is 9.69 Å². The first kappa shape index (κ1) is 13.4. The highest BCUT2D eigenvalue weighted by Crippen LogP contribution is 2.16. The molecule has 1 heterocycles. The number of nitrogens with zero attached hydrogens (tertiary/aromatic N) is 1. The zero-order valence-electron chi connectivity index (χ0n) is 11.2. The molecule has 1 saturated heterocycles. The van der Waals surface area contributed by atoms with Gasteiger partial charge in [0.05, 0.1) is 6.61 Å². The number of rotatable bonds is 5. The molecule has 1 fully saturated rings. The van der Waals surface area contributed by atoms with E-state index < -0.39 is 5.54 Å². The van der Waals surface area contributed by atoms with Crippen molar-refractivity contribution in [3.8, 4) is 5.75 Å². The predicted octanol–water partition coefficient (Wildman–Crippen LogP) is 1.79. The summed E-state index contributed by atoms with van der Waals surface area (Å²) in [4.78, 5) is 24.8. The summed E-state index contributed by atoms with van der Waals surface area (Å²) in [6, 6.07) is 9.13. The lowest BCUT2D eigenvalue weighted by Gasteiger charge is -2.16. The van der Waals surface area contributed by atoms with Gasteiger partial charge in [-0.25, -0.2) is 4.79 Å². The second-order valence-electron chi connectivity index (χ2n) is 5.03. The molecule has 0 aliphatic carbocycles. The molecule has 1 aliphatic rings. The van der Waals surface area contributed by atoms with Gasteiger partial charge in [0.2, 0.25) is 0 Å². The maximum atomic E-state index is 11.9. The second-order valence-corrected chi connectivity index (χ2v) is 5.03. The van der Waals surface area contributed by atoms with Gasteiger partial charge < -0.3 is 10.1 Å². The van der Waals surface area contributed by atoms with Crippen LogP contribution in [0.25, 0.3) is 0 Å². The first-order valence-corrected chi connectivity index (χ1v) is 6.33. The average molecular weight is 262 g/mol. The van der Waals surface area contributed by atoms with E-state index in [1.165, 1.54) is 4.90 Å². The van der Waals surface area contributed by atoms with E-state index in [1.54, 1.807) is 13.8 Å². The highest BCUT2D eigenvalue weighted by Gasteiger charge is 2.43. The Morgan fingerprint density at radius 3 is 2.47 bits per heavy atom. The summed E-state index contributed by atoms with van der Waals surface area (Å²) in [5, 5.41) is 2.65. The lowest BCUT2D eigenvalue weighted by Crippen LogP contribution is -2.40. The van der Waals surface area contributed by atoms with Crippen molar-refractivity contribution >= 4 is 11.9 Å². The summed E-state index contributed by atoms with van der Waals surface area (Å²) in [7, 11) is 0. The van der Waals surface area contributed by atoms with Crippen molar-refractivity contribution in [3.05, 3.63) is 30.3 Å². The number of para-hydroxylation sites is 1. The van der Waals surface area contributed by atoms with Gasteiger partial charge in [-0.05, 0) is 32.4 Å². The van der Waals surface area contributed by atoms with Crippen LogP contribution in [0.2, 0.25) is 0 Å². The van der Waals surface area contributed by atoms with Crippen LogP contribution < -0.4 is 10.1 Å². The first-order valence-electron chi connectivity index (χ1n) is 6.33. The molecule has 1 aromatic carbocycles. The van der Waals surface area contributed by atoms with Crippen molar-refractivity contribution in [1.82, 2.24) is 10.2 Å². The van der Waals surface area contributed by atoms with Crippen LogP contribution in [-0.4, -0.2) is 35.5 Å². The van der Waals surface area contributed by atoms with Crippen LogP contribution in [0.3, 0.4) is 0 Å². The molecule has 102 valence electrons. The van der Waals surface area contributed by atoms with Crippen molar-refractivity contribution in [1.29, 1.82) is 0 Å². The molecule has 5 nitrogen and oxygen atoms in total. The van der Waals surface area contributed by atoms with Crippen LogP contribution in [0.4, 0.5) is 4.79 Å². The van der Waals surface area contributed by atoms with Crippen molar-refractivity contribution in [2.24, 2.45) is 0 Å². The van der Waals surface area contributed by atoms with Gasteiger partial charge in [-0.2, -0.15) is 0 Å². The number of nitrogens with one attached hydrogen (secondary N) is 1. The van der Waals surface area contributed by atoms with Crippen LogP contribution >= 0.6 is 0 Å². The van der Waals surface area contributed by atoms with Crippen molar-refractivity contribution in [2.75, 3.05) is 13.2 Å². The van der Waals surface area contributed by atoms with E-state index in [9.17, 15) is 9.59 Å². The fourth-order valence-electron chi connectivity index (χ4n) is 1.95. The Kier molecular flexibility index (Phi) is 3.74. The molecule has 1 aromatic rings. The number of urea groups is 1. The first-order chi connectivity index (χ1) is 9.00. The highest BCUT2D eigenvalue weighted by atomic mass is 16.5. The molecule has 2 rings (SSSR count). The summed E-state index contributed by atoms with van der Waals surface area (Å²) in [5.41, 5.74) is -0.794. The lowest BCUT2D eigenvalue weighted by molar-refractivity contribution is -0.130. The molecule has 0 unspecified atom stereocenters. The van der Waals surface area contributed by atoms with E-state index in [-0.39, 0.29) is 11.9 Å².